The molecule has 0 spiro atoms. The number of hydrogen-bond acceptors (Lipinski definition) is 2. The Morgan fingerprint density at radius 3 is 2.04 bits per heavy atom. The van der Waals surface area contributed by atoms with Crippen LogP contribution in [0.3, 0.4) is 0 Å². The smallest absolute Gasteiger partial charge is 0.217 e. The van der Waals surface area contributed by atoms with E-state index in [9.17, 15) is 0 Å². The molecule has 0 radical (unpaired) electrons. The lowest BCUT2D eigenvalue weighted by molar-refractivity contribution is 0.163. The first-order chi connectivity index (χ1) is 12.8. The Kier molecular flexibility index (Phi) is 4.40. The maximum atomic E-state index is 6.39. The van der Waals surface area contributed by atoms with Gasteiger partial charge in [-0.05, 0) is 23.3 Å². The van der Waals surface area contributed by atoms with Gasteiger partial charge in [-0.1, -0.05) is 84.9 Å². The van der Waals surface area contributed by atoms with Crippen molar-refractivity contribution in [3.8, 4) is 0 Å². The summed E-state index contributed by atoms with van der Waals surface area (Å²) in [5.41, 5.74) is 2.78. The quantitative estimate of drug-likeness (QED) is 0.573. The average molecular weight is 339 g/mol. The van der Waals surface area contributed by atoms with E-state index in [-0.39, 0.29) is 6.10 Å². The predicted octanol–water partition coefficient (Wildman–Crippen LogP) is 5.37. The number of rotatable bonds is 5. The summed E-state index contributed by atoms with van der Waals surface area (Å²) in [6, 6.07) is 30.7. The fourth-order valence-corrected chi connectivity index (χ4v) is 3.47. The molecule has 128 valence electrons. The highest BCUT2D eigenvalue weighted by Gasteiger charge is 2.45. The van der Waals surface area contributed by atoms with Crippen LogP contribution in [-0.2, 0) is 11.2 Å². The van der Waals surface area contributed by atoms with Crippen LogP contribution in [0.15, 0.2) is 109 Å². The van der Waals surface area contributed by atoms with Gasteiger partial charge in [0.15, 0.2) is 6.10 Å². The Morgan fingerprint density at radius 2 is 1.42 bits per heavy atom. The highest BCUT2D eigenvalue weighted by molar-refractivity contribution is 5.96. The fourth-order valence-electron chi connectivity index (χ4n) is 3.47. The molecule has 26 heavy (non-hydrogen) atoms. The number of ether oxygens (including phenoxy) is 1. The third-order valence-corrected chi connectivity index (χ3v) is 4.80. The van der Waals surface area contributed by atoms with Gasteiger partial charge in [-0.25, -0.2) is 4.99 Å². The fraction of sp³-hybridized carbons (Fsp3) is 0.125. The van der Waals surface area contributed by atoms with Gasteiger partial charge >= 0.3 is 0 Å². The van der Waals surface area contributed by atoms with Gasteiger partial charge < -0.3 is 4.74 Å². The highest BCUT2D eigenvalue weighted by atomic mass is 16.5. The Morgan fingerprint density at radius 1 is 0.846 bits per heavy atom. The summed E-state index contributed by atoms with van der Waals surface area (Å²) in [7, 11) is 0. The van der Waals surface area contributed by atoms with Gasteiger partial charge in [0.2, 0.25) is 5.90 Å². The second-order valence-corrected chi connectivity index (χ2v) is 6.55. The van der Waals surface area contributed by atoms with E-state index >= 15 is 0 Å². The second-order valence-electron chi connectivity index (χ2n) is 6.55. The van der Waals surface area contributed by atoms with E-state index in [1.54, 1.807) is 0 Å². The molecule has 0 amide bonds. The van der Waals surface area contributed by atoms with E-state index in [0.29, 0.717) is 5.90 Å². The van der Waals surface area contributed by atoms with Crippen molar-refractivity contribution in [2.75, 3.05) is 0 Å². The summed E-state index contributed by atoms with van der Waals surface area (Å²) in [5, 5.41) is 0. The van der Waals surface area contributed by atoms with Crippen molar-refractivity contribution in [3.63, 3.8) is 0 Å². The molecule has 0 N–H and O–H groups in total. The molecule has 4 rings (SSSR count). The molecule has 3 aromatic rings. The molecular formula is C24H21NO. The van der Waals surface area contributed by atoms with Crippen LogP contribution in [-0.4, -0.2) is 11.4 Å². The summed E-state index contributed by atoms with van der Waals surface area (Å²) < 4.78 is 6.39. The van der Waals surface area contributed by atoms with Crippen LogP contribution in [0.4, 0.5) is 0 Å². The predicted molar refractivity (Wildman–Crippen MR) is 106 cm³/mol. The first kappa shape index (κ1) is 16.3. The van der Waals surface area contributed by atoms with Crippen molar-refractivity contribution < 1.29 is 4.74 Å². The number of hydrogen-bond donors (Lipinski definition) is 0. The Balaban J connectivity index is 1.79. The standard InChI is InChI=1S/C24H21NO/c1-2-24(18-19-12-6-3-7-13-19)22(20-14-8-4-9-15-20)26-23(25-24)21-16-10-5-11-17-21/h2-17,22H,1,18H2. The Labute approximate surface area is 154 Å². The number of benzene rings is 3. The van der Waals surface area contributed by atoms with Crippen LogP contribution in [0.25, 0.3) is 0 Å². The first-order valence-electron chi connectivity index (χ1n) is 8.85. The van der Waals surface area contributed by atoms with Crippen molar-refractivity contribution in [1.29, 1.82) is 0 Å². The minimum atomic E-state index is -0.534. The maximum absolute atomic E-state index is 6.39. The summed E-state index contributed by atoms with van der Waals surface area (Å²) >= 11 is 0. The van der Waals surface area contributed by atoms with E-state index in [1.165, 1.54) is 5.56 Å². The van der Waals surface area contributed by atoms with Crippen LogP contribution >= 0.6 is 0 Å². The summed E-state index contributed by atoms with van der Waals surface area (Å²) in [6.45, 7) is 4.13. The van der Waals surface area contributed by atoms with E-state index in [1.807, 2.05) is 60.7 Å². The third-order valence-electron chi connectivity index (χ3n) is 4.80. The van der Waals surface area contributed by atoms with Crippen molar-refractivity contribution in [2.45, 2.75) is 18.1 Å². The molecule has 1 aliphatic rings. The van der Waals surface area contributed by atoms with Crippen LogP contribution in [0.2, 0.25) is 0 Å². The molecule has 0 fully saturated rings. The van der Waals surface area contributed by atoms with Crippen LogP contribution < -0.4 is 0 Å². The van der Waals surface area contributed by atoms with Gasteiger partial charge in [-0.3, -0.25) is 0 Å². The molecule has 2 atom stereocenters. The van der Waals surface area contributed by atoms with Crippen LogP contribution in [0, 0.1) is 0 Å². The number of nitrogens with zero attached hydrogens (tertiary/aromatic N) is 1. The van der Waals surface area contributed by atoms with Gasteiger partial charge in [0.25, 0.3) is 0 Å². The van der Waals surface area contributed by atoms with Gasteiger partial charge in [0.05, 0.1) is 0 Å². The van der Waals surface area contributed by atoms with Crippen molar-refractivity contribution in [2.24, 2.45) is 4.99 Å². The Hall–Kier alpha value is -3.13. The molecule has 2 heteroatoms. The molecular weight excluding hydrogens is 318 g/mol. The third kappa shape index (κ3) is 3.06. The minimum absolute atomic E-state index is 0.198. The molecule has 2 unspecified atom stereocenters. The van der Waals surface area contributed by atoms with Gasteiger partial charge in [0.1, 0.15) is 5.54 Å². The lowest BCUT2D eigenvalue weighted by Crippen LogP contribution is -2.32. The van der Waals surface area contributed by atoms with E-state index < -0.39 is 5.54 Å². The summed E-state index contributed by atoms with van der Waals surface area (Å²) in [4.78, 5) is 5.04. The van der Waals surface area contributed by atoms with Crippen LogP contribution in [0.5, 0.6) is 0 Å². The Bertz CT molecular complexity index is 903. The van der Waals surface area contributed by atoms with Crippen molar-refractivity contribution in [1.82, 2.24) is 0 Å². The molecule has 0 aliphatic carbocycles. The maximum Gasteiger partial charge on any atom is 0.217 e. The van der Waals surface area contributed by atoms with E-state index in [4.69, 9.17) is 9.73 Å². The molecule has 0 saturated heterocycles. The van der Waals surface area contributed by atoms with Gasteiger partial charge in [-0.15, -0.1) is 6.58 Å². The molecule has 2 nitrogen and oxygen atoms in total. The largest absolute Gasteiger partial charge is 0.466 e. The van der Waals surface area contributed by atoms with Crippen molar-refractivity contribution >= 4 is 5.90 Å². The normalized spacial score (nSPS) is 21.7. The molecule has 0 bridgehead atoms. The van der Waals surface area contributed by atoms with Gasteiger partial charge in [0, 0.05) is 12.0 Å². The molecule has 1 aliphatic heterocycles. The minimum Gasteiger partial charge on any atom is -0.466 e. The average Bonchev–Trinajstić information content (AvgIpc) is 3.10. The lowest BCUT2D eigenvalue weighted by atomic mass is 9.83. The summed E-state index contributed by atoms with van der Waals surface area (Å²) in [6.07, 6.45) is 2.48. The number of aliphatic imine (C=N–C) groups is 1. The zero-order chi connectivity index (χ0) is 17.8. The SMILES string of the molecule is C=CC1(Cc2ccccc2)N=C(c2ccccc2)OC1c1ccccc1. The van der Waals surface area contributed by atoms with E-state index in [2.05, 4.69) is 43.0 Å². The van der Waals surface area contributed by atoms with Crippen molar-refractivity contribution in [3.05, 3.63) is 120 Å². The van der Waals surface area contributed by atoms with E-state index in [0.717, 1.165) is 17.5 Å². The monoisotopic (exact) mass is 339 g/mol. The molecule has 0 saturated carbocycles. The topological polar surface area (TPSA) is 21.6 Å². The molecule has 3 aromatic carbocycles. The first-order valence-corrected chi connectivity index (χ1v) is 8.85. The molecule has 1 heterocycles. The summed E-state index contributed by atoms with van der Waals surface area (Å²) in [5.74, 6) is 0.676. The zero-order valence-electron chi connectivity index (χ0n) is 14.6. The highest BCUT2D eigenvalue weighted by Crippen LogP contribution is 2.42. The van der Waals surface area contributed by atoms with Gasteiger partial charge in [-0.2, -0.15) is 0 Å². The molecule has 0 aromatic heterocycles. The van der Waals surface area contributed by atoms with Crippen LogP contribution in [0.1, 0.15) is 22.8 Å². The zero-order valence-corrected chi connectivity index (χ0v) is 14.6. The lowest BCUT2D eigenvalue weighted by Gasteiger charge is -2.29. The second kappa shape index (κ2) is 7.01.